The SMILES string of the molecule is O=C1C[C@H](Nc2ccc(F)cc2)C(=O)N1c1ccc(N2CCOCC2)cc1. The second-order valence-electron chi connectivity index (χ2n) is 6.59. The van der Waals surface area contributed by atoms with Crippen molar-refractivity contribution in [1.29, 1.82) is 0 Å². The zero-order valence-electron chi connectivity index (χ0n) is 14.7. The zero-order valence-corrected chi connectivity index (χ0v) is 14.7. The summed E-state index contributed by atoms with van der Waals surface area (Å²) in [6.45, 7) is 3.04. The first kappa shape index (κ1) is 17.5. The number of amides is 2. The van der Waals surface area contributed by atoms with Crippen molar-refractivity contribution in [3.8, 4) is 0 Å². The molecule has 1 N–H and O–H groups in total. The van der Waals surface area contributed by atoms with Crippen LogP contribution in [0.4, 0.5) is 21.5 Å². The van der Waals surface area contributed by atoms with Gasteiger partial charge in [-0.2, -0.15) is 0 Å². The molecule has 6 nitrogen and oxygen atoms in total. The molecule has 2 heterocycles. The molecule has 0 aromatic heterocycles. The van der Waals surface area contributed by atoms with Crippen LogP contribution < -0.4 is 15.1 Å². The number of carbonyl (C=O) groups excluding carboxylic acids is 2. The maximum Gasteiger partial charge on any atom is 0.256 e. The van der Waals surface area contributed by atoms with Crippen molar-refractivity contribution in [3.05, 3.63) is 54.3 Å². The minimum Gasteiger partial charge on any atom is -0.378 e. The molecule has 140 valence electrons. The van der Waals surface area contributed by atoms with Crippen LogP contribution in [-0.4, -0.2) is 44.2 Å². The number of morpholine rings is 1. The van der Waals surface area contributed by atoms with Gasteiger partial charge in [0.2, 0.25) is 5.91 Å². The van der Waals surface area contributed by atoms with Crippen molar-refractivity contribution < 1.29 is 18.7 Å². The van der Waals surface area contributed by atoms with E-state index in [9.17, 15) is 14.0 Å². The number of hydrogen-bond acceptors (Lipinski definition) is 5. The van der Waals surface area contributed by atoms with Gasteiger partial charge in [0.25, 0.3) is 5.91 Å². The third kappa shape index (κ3) is 3.64. The number of benzene rings is 2. The highest BCUT2D eigenvalue weighted by Gasteiger charge is 2.39. The highest BCUT2D eigenvalue weighted by Crippen LogP contribution is 2.27. The lowest BCUT2D eigenvalue weighted by Crippen LogP contribution is -2.36. The Bertz CT molecular complexity index is 833. The number of anilines is 3. The van der Waals surface area contributed by atoms with Crippen LogP contribution in [0.25, 0.3) is 0 Å². The summed E-state index contributed by atoms with van der Waals surface area (Å²) in [6, 6.07) is 12.5. The molecule has 2 fully saturated rings. The minimum absolute atomic E-state index is 0.0709. The number of ether oxygens (including phenoxy) is 1. The van der Waals surface area contributed by atoms with Crippen LogP contribution in [0.15, 0.2) is 48.5 Å². The summed E-state index contributed by atoms with van der Waals surface area (Å²) in [5, 5.41) is 3.01. The standard InChI is InChI=1S/C20H20FN3O3/c21-14-1-3-15(4-2-14)22-18-13-19(25)24(20(18)26)17-7-5-16(6-8-17)23-9-11-27-12-10-23/h1-8,18,22H,9-13H2/t18-/m0/s1. The van der Waals surface area contributed by atoms with Crippen LogP contribution >= 0.6 is 0 Å². The number of carbonyl (C=O) groups is 2. The third-order valence-corrected chi connectivity index (χ3v) is 4.82. The van der Waals surface area contributed by atoms with Gasteiger partial charge < -0.3 is 15.0 Å². The van der Waals surface area contributed by atoms with Gasteiger partial charge >= 0.3 is 0 Å². The van der Waals surface area contributed by atoms with Gasteiger partial charge in [-0.15, -0.1) is 0 Å². The van der Waals surface area contributed by atoms with Crippen LogP contribution in [0, 0.1) is 5.82 Å². The van der Waals surface area contributed by atoms with Gasteiger partial charge in [0, 0.05) is 24.5 Å². The molecule has 0 spiro atoms. The van der Waals surface area contributed by atoms with E-state index in [4.69, 9.17) is 4.74 Å². The molecule has 0 bridgehead atoms. The molecule has 0 aliphatic carbocycles. The maximum atomic E-state index is 13.0. The van der Waals surface area contributed by atoms with Crippen LogP contribution in [0.5, 0.6) is 0 Å². The van der Waals surface area contributed by atoms with E-state index in [1.165, 1.54) is 17.0 Å². The zero-order chi connectivity index (χ0) is 18.8. The van der Waals surface area contributed by atoms with E-state index in [2.05, 4.69) is 10.2 Å². The van der Waals surface area contributed by atoms with Gasteiger partial charge in [0.1, 0.15) is 11.9 Å². The van der Waals surface area contributed by atoms with Crippen molar-refractivity contribution in [3.63, 3.8) is 0 Å². The molecule has 0 unspecified atom stereocenters. The molecule has 0 radical (unpaired) electrons. The van der Waals surface area contributed by atoms with Crippen molar-refractivity contribution in [2.45, 2.75) is 12.5 Å². The van der Waals surface area contributed by atoms with E-state index in [-0.39, 0.29) is 24.1 Å². The van der Waals surface area contributed by atoms with Crippen molar-refractivity contribution in [2.24, 2.45) is 0 Å². The molecule has 7 heteroatoms. The van der Waals surface area contributed by atoms with Gasteiger partial charge in [0.15, 0.2) is 0 Å². The summed E-state index contributed by atoms with van der Waals surface area (Å²) in [7, 11) is 0. The number of halogens is 1. The predicted octanol–water partition coefficient (Wildman–Crippen LogP) is 2.41. The number of hydrogen-bond donors (Lipinski definition) is 1. The first-order valence-electron chi connectivity index (χ1n) is 8.93. The van der Waals surface area contributed by atoms with Crippen molar-refractivity contribution in [2.75, 3.05) is 41.4 Å². The number of rotatable bonds is 4. The minimum atomic E-state index is -0.651. The van der Waals surface area contributed by atoms with E-state index in [1.807, 2.05) is 12.1 Å². The lowest BCUT2D eigenvalue weighted by atomic mass is 10.2. The molecule has 2 aliphatic rings. The summed E-state index contributed by atoms with van der Waals surface area (Å²) in [5.74, 6) is -0.904. The first-order chi connectivity index (χ1) is 13.1. The molecule has 1 atom stereocenters. The van der Waals surface area contributed by atoms with Crippen molar-refractivity contribution in [1.82, 2.24) is 0 Å². The quantitative estimate of drug-likeness (QED) is 0.839. The second-order valence-corrected chi connectivity index (χ2v) is 6.59. The number of nitrogens with one attached hydrogen (secondary N) is 1. The van der Waals surface area contributed by atoms with Crippen LogP contribution in [0.1, 0.15) is 6.42 Å². The van der Waals surface area contributed by atoms with Gasteiger partial charge in [-0.1, -0.05) is 0 Å². The average Bonchev–Trinajstić information content (AvgIpc) is 2.98. The Labute approximate surface area is 156 Å². The fraction of sp³-hybridized carbons (Fsp3) is 0.300. The lowest BCUT2D eigenvalue weighted by Gasteiger charge is -2.29. The molecule has 2 aromatic carbocycles. The molecular formula is C20H20FN3O3. The van der Waals surface area contributed by atoms with E-state index < -0.39 is 6.04 Å². The summed E-state index contributed by atoms with van der Waals surface area (Å²) in [4.78, 5) is 28.5. The summed E-state index contributed by atoms with van der Waals surface area (Å²) >= 11 is 0. The fourth-order valence-electron chi connectivity index (χ4n) is 3.40. The molecule has 0 saturated carbocycles. The molecule has 2 aliphatic heterocycles. The average molecular weight is 369 g/mol. The first-order valence-corrected chi connectivity index (χ1v) is 8.93. The van der Waals surface area contributed by atoms with E-state index in [0.717, 1.165) is 18.8 Å². The van der Waals surface area contributed by atoms with Gasteiger partial charge in [-0.25, -0.2) is 9.29 Å². The highest BCUT2D eigenvalue weighted by molar-refractivity contribution is 6.23. The monoisotopic (exact) mass is 369 g/mol. The third-order valence-electron chi connectivity index (χ3n) is 4.82. The Hall–Kier alpha value is -2.93. The second kappa shape index (κ2) is 7.36. The maximum absolute atomic E-state index is 13.0. The predicted molar refractivity (Wildman–Crippen MR) is 100 cm³/mol. The van der Waals surface area contributed by atoms with Crippen LogP contribution in [0.2, 0.25) is 0 Å². The largest absolute Gasteiger partial charge is 0.378 e. The van der Waals surface area contributed by atoms with Crippen LogP contribution in [-0.2, 0) is 14.3 Å². The lowest BCUT2D eigenvalue weighted by molar-refractivity contribution is -0.121. The smallest absolute Gasteiger partial charge is 0.256 e. The Morgan fingerprint density at radius 3 is 2.22 bits per heavy atom. The van der Waals surface area contributed by atoms with E-state index >= 15 is 0 Å². The Morgan fingerprint density at radius 2 is 1.56 bits per heavy atom. The molecule has 4 rings (SSSR count). The number of imide groups is 1. The molecule has 27 heavy (non-hydrogen) atoms. The Balaban J connectivity index is 1.47. The Morgan fingerprint density at radius 1 is 0.926 bits per heavy atom. The fourth-order valence-corrected chi connectivity index (χ4v) is 3.40. The van der Waals surface area contributed by atoms with Gasteiger partial charge in [-0.05, 0) is 48.5 Å². The number of nitrogens with zero attached hydrogens (tertiary/aromatic N) is 2. The summed E-state index contributed by atoms with van der Waals surface area (Å²) in [6.07, 6.45) is 0.0709. The topological polar surface area (TPSA) is 61.9 Å². The van der Waals surface area contributed by atoms with Gasteiger partial charge in [-0.3, -0.25) is 9.59 Å². The summed E-state index contributed by atoms with van der Waals surface area (Å²) in [5.41, 5.74) is 2.21. The normalized spacial score (nSPS) is 20.3. The molecular weight excluding hydrogens is 349 g/mol. The molecule has 2 aromatic rings. The van der Waals surface area contributed by atoms with Gasteiger partial charge in [0.05, 0.1) is 25.3 Å². The highest BCUT2D eigenvalue weighted by atomic mass is 19.1. The Kier molecular flexibility index (Phi) is 4.77. The van der Waals surface area contributed by atoms with Crippen molar-refractivity contribution >= 4 is 28.9 Å². The summed E-state index contributed by atoms with van der Waals surface area (Å²) < 4.78 is 18.4. The van der Waals surface area contributed by atoms with E-state index in [0.29, 0.717) is 24.6 Å². The van der Waals surface area contributed by atoms with Crippen LogP contribution in [0.3, 0.4) is 0 Å². The van der Waals surface area contributed by atoms with E-state index in [1.54, 1.807) is 24.3 Å². The molecule has 2 amide bonds. The molecule has 2 saturated heterocycles.